The average molecular weight is 340 g/mol. The van der Waals surface area contributed by atoms with E-state index < -0.39 is 0 Å². The van der Waals surface area contributed by atoms with Gasteiger partial charge in [-0.2, -0.15) is 5.10 Å². The van der Waals surface area contributed by atoms with Crippen molar-refractivity contribution in [3.8, 4) is 5.69 Å². The second-order valence-corrected chi connectivity index (χ2v) is 6.00. The van der Waals surface area contributed by atoms with E-state index in [1.807, 2.05) is 37.3 Å². The van der Waals surface area contributed by atoms with Gasteiger partial charge in [-0.15, -0.1) is 0 Å². The van der Waals surface area contributed by atoms with Gasteiger partial charge < -0.3 is 5.32 Å². The number of nitrogens with zero attached hydrogens (tertiary/aromatic N) is 2. The van der Waals surface area contributed by atoms with E-state index in [-0.39, 0.29) is 5.91 Å². The van der Waals surface area contributed by atoms with E-state index in [2.05, 4.69) is 17.3 Å². The zero-order valence-electron chi connectivity index (χ0n) is 13.6. The lowest BCUT2D eigenvalue weighted by Gasteiger charge is -2.12. The van der Waals surface area contributed by atoms with Crippen molar-refractivity contribution in [2.75, 3.05) is 5.32 Å². The van der Waals surface area contributed by atoms with Gasteiger partial charge in [0.1, 0.15) is 0 Å². The topological polar surface area (TPSA) is 46.9 Å². The first-order valence-corrected chi connectivity index (χ1v) is 8.16. The van der Waals surface area contributed by atoms with Crippen LogP contribution in [0.15, 0.2) is 54.9 Å². The van der Waals surface area contributed by atoms with Crippen LogP contribution in [0.3, 0.4) is 0 Å². The van der Waals surface area contributed by atoms with Gasteiger partial charge in [0.15, 0.2) is 0 Å². The number of rotatable bonds is 4. The van der Waals surface area contributed by atoms with Gasteiger partial charge in [-0.25, -0.2) is 4.68 Å². The normalized spacial score (nSPS) is 10.6. The summed E-state index contributed by atoms with van der Waals surface area (Å²) >= 11 is 5.89. The van der Waals surface area contributed by atoms with Gasteiger partial charge in [0, 0.05) is 16.9 Å². The number of hydrogen-bond donors (Lipinski definition) is 1. The average Bonchev–Trinajstić information content (AvgIpc) is 3.07. The Hall–Kier alpha value is -2.59. The summed E-state index contributed by atoms with van der Waals surface area (Å²) < 4.78 is 1.66. The van der Waals surface area contributed by atoms with Gasteiger partial charge in [0.2, 0.25) is 0 Å². The molecule has 1 N–H and O–H groups in total. The predicted octanol–water partition coefficient (Wildman–Crippen LogP) is 4.65. The standard InChI is InChI=1S/C19H18ClN3O/c1-3-14-6-4-5-13(2)18(14)22-19(24)15-11-21-23(12-15)17-9-7-16(20)8-10-17/h4-12H,3H2,1-2H3,(H,22,24). The molecule has 0 spiro atoms. The number of aromatic nitrogens is 2. The van der Waals surface area contributed by atoms with Gasteiger partial charge in [-0.1, -0.05) is 36.7 Å². The number of hydrogen-bond acceptors (Lipinski definition) is 2. The lowest BCUT2D eigenvalue weighted by molar-refractivity contribution is 0.102. The maximum atomic E-state index is 12.5. The highest BCUT2D eigenvalue weighted by molar-refractivity contribution is 6.30. The molecule has 0 atom stereocenters. The van der Waals surface area contributed by atoms with E-state index in [0.29, 0.717) is 10.6 Å². The molecule has 1 amide bonds. The van der Waals surface area contributed by atoms with Gasteiger partial charge in [-0.05, 0) is 48.7 Å². The molecule has 0 radical (unpaired) electrons. The number of anilines is 1. The van der Waals surface area contributed by atoms with E-state index in [1.165, 1.54) is 0 Å². The number of nitrogens with one attached hydrogen (secondary N) is 1. The van der Waals surface area contributed by atoms with Crippen LogP contribution in [0.25, 0.3) is 5.69 Å². The first-order valence-electron chi connectivity index (χ1n) is 7.79. The van der Waals surface area contributed by atoms with E-state index in [1.54, 1.807) is 29.2 Å². The molecule has 1 heterocycles. The third-order valence-corrected chi connectivity index (χ3v) is 4.17. The minimum absolute atomic E-state index is 0.167. The van der Waals surface area contributed by atoms with Gasteiger partial charge >= 0.3 is 0 Å². The largest absolute Gasteiger partial charge is 0.321 e. The molecule has 0 saturated carbocycles. The number of aryl methyl sites for hydroxylation is 2. The molecule has 5 heteroatoms. The summed E-state index contributed by atoms with van der Waals surface area (Å²) in [6.45, 7) is 4.06. The molecule has 0 bridgehead atoms. The Kier molecular flexibility index (Phi) is 4.67. The van der Waals surface area contributed by atoms with Gasteiger partial charge in [0.05, 0.1) is 17.4 Å². The molecular formula is C19H18ClN3O. The fourth-order valence-corrected chi connectivity index (χ4v) is 2.69. The van der Waals surface area contributed by atoms with Crippen LogP contribution in [0.5, 0.6) is 0 Å². The van der Waals surface area contributed by atoms with Crippen molar-refractivity contribution in [2.45, 2.75) is 20.3 Å². The van der Waals surface area contributed by atoms with E-state index >= 15 is 0 Å². The van der Waals surface area contributed by atoms with Crippen molar-refractivity contribution < 1.29 is 4.79 Å². The van der Waals surface area contributed by atoms with Crippen LogP contribution in [0, 0.1) is 6.92 Å². The number of benzene rings is 2. The SMILES string of the molecule is CCc1cccc(C)c1NC(=O)c1cnn(-c2ccc(Cl)cc2)c1. The molecule has 122 valence electrons. The summed E-state index contributed by atoms with van der Waals surface area (Å²) in [6, 6.07) is 13.3. The summed E-state index contributed by atoms with van der Waals surface area (Å²) in [4.78, 5) is 12.5. The predicted molar refractivity (Wildman–Crippen MR) is 97.1 cm³/mol. The van der Waals surface area contributed by atoms with Gasteiger partial charge in [0.25, 0.3) is 5.91 Å². The highest BCUT2D eigenvalue weighted by Crippen LogP contribution is 2.22. The summed E-state index contributed by atoms with van der Waals surface area (Å²) in [6.07, 6.45) is 4.14. The molecule has 4 nitrogen and oxygen atoms in total. The monoisotopic (exact) mass is 339 g/mol. The number of carbonyl (C=O) groups excluding carboxylic acids is 1. The van der Waals surface area contributed by atoms with Crippen LogP contribution in [-0.4, -0.2) is 15.7 Å². The van der Waals surface area contributed by atoms with Crippen LogP contribution in [0.2, 0.25) is 5.02 Å². The summed E-state index contributed by atoms with van der Waals surface area (Å²) in [7, 11) is 0. The Balaban J connectivity index is 1.83. The van der Waals surface area contributed by atoms with E-state index in [4.69, 9.17) is 11.6 Å². The second-order valence-electron chi connectivity index (χ2n) is 5.57. The highest BCUT2D eigenvalue weighted by atomic mass is 35.5. The van der Waals surface area contributed by atoms with Crippen molar-refractivity contribution in [3.05, 3.63) is 76.6 Å². The van der Waals surface area contributed by atoms with Crippen LogP contribution >= 0.6 is 11.6 Å². The molecule has 0 unspecified atom stereocenters. The molecule has 0 saturated heterocycles. The van der Waals surface area contributed by atoms with Gasteiger partial charge in [-0.3, -0.25) is 4.79 Å². The second kappa shape index (κ2) is 6.89. The first kappa shape index (κ1) is 16.3. The summed E-state index contributed by atoms with van der Waals surface area (Å²) in [5.74, 6) is -0.167. The zero-order chi connectivity index (χ0) is 17.1. The smallest absolute Gasteiger partial charge is 0.258 e. The van der Waals surface area contributed by atoms with Crippen molar-refractivity contribution in [1.29, 1.82) is 0 Å². The molecule has 3 aromatic rings. The van der Waals surface area contributed by atoms with Crippen molar-refractivity contribution in [1.82, 2.24) is 9.78 Å². The molecule has 0 fully saturated rings. The fraction of sp³-hybridized carbons (Fsp3) is 0.158. The molecule has 24 heavy (non-hydrogen) atoms. The maximum absolute atomic E-state index is 12.5. The molecule has 3 rings (SSSR count). The quantitative estimate of drug-likeness (QED) is 0.752. The van der Waals surface area contributed by atoms with Crippen molar-refractivity contribution >= 4 is 23.2 Å². The van der Waals surface area contributed by atoms with Crippen molar-refractivity contribution in [3.63, 3.8) is 0 Å². The Morgan fingerprint density at radius 3 is 2.67 bits per heavy atom. The number of amides is 1. The Bertz CT molecular complexity index is 869. The third-order valence-electron chi connectivity index (χ3n) is 3.91. The molecule has 0 aliphatic carbocycles. The minimum atomic E-state index is -0.167. The molecule has 0 aliphatic rings. The molecule has 1 aromatic heterocycles. The molecule has 2 aromatic carbocycles. The van der Waals surface area contributed by atoms with Crippen molar-refractivity contribution in [2.24, 2.45) is 0 Å². The highest BCUT2D eigenvalue weighted by Gasteiger charge is 2.13. The molecule has 0 aliphatic heterocycles. The number of halogens is 1. The van der Waals surface area contributed by atoms with E-state index in [0.717, 1.165) is 28.9 Å². The number of para-hydroxylation sites is 1. The Labute approximate surface area is 146 Å². The maximum Gasteiger partial charge on any atom is 0.258 e. The first-order chi connectivity index (χ1) is 11.6. The third kappa shape index (κ3) is 3.34. The van der Waals surface area contributed by atoms with Crippen LogP contribution < -0.4 is 5.32 Å². The fourth-order valence-electron chi connectivity index (χ4n) is 2.56. The minimum Gasteiger partial charge on any atom is -0.321 e. The van der Waals surface area contributed by atoms with Crippen LogP contribution in [0.4, 0.5) is 5.69 Å². The lowest BCUT2D eigenvalue weighted by Crippen LogP contribution is -2.13. The zero-order valence-corrected chi connectivity index (χ0v) is 14.3. The lowest BCUT2D eigenvalue weighted by atomic mass is 10.1. The van der Waals surface area contributed by atoms with Crippen LogP contribution in [0.1, 0.15) is 28.4 Å². The van der Waals surface area contributed by atoms with E-state index in [9.17, 15) is 4.79 Å². The Morgan fingerprint density at radius 2 is 1.96 bits per heavy atom. The number of carbonyl (C=O) groups is 1. The summed E-state index contributed by atoms with van der Waals surface area (Å²) in [5, 5.41) is 7.93. The summed E-state index contributed by atoms with van der Waals surface area (Å²) in [5.41, 5.74) is 4.41. The van der Waals surface area contributed by atoms with Crippen LogP contribution in [-0.2, 0) is 6.42 Å². The molecular weight excluding hydrogens is 322 g/mol. The Morgan fingerprint density at radius 1 is 1.21 bits per heavy atom.